The number of nitrogens with zero attached hydrogens (tertiary/aromatic N) is 1. The highest BCUT2D eigenvalue weighted by atomic mass is 35.5. The minimum atomic E-state index is -0.501. The Morgan fingerprint density at radius 1 is 1.20 bits per heavy atom. The fourth-order valence-corrected chi connectivity index (χ4v) is 2.68. The topological polar surface area (TPSA) is 47.9 Å². The van der Waals surface area contributed by atoms with Gasteiger partial charge in [0.05, 0.1) is 23.8 Å². The van der Waals surface area contributed by atoms with Crippen LogP contribution >= 0.6 is 11.6 Å². The second-order valence-electron chi connectivity index (χ2n) is 6.26. The van der Waals surface area contributed by atoms with E-state index in [1.165, 1.54) is 0 Å². The molecule has 0 radical (unpaired) electrons. The molecule has 1 aromatic carbocycles. The molecule has 0 unspecified atom stereocenters. The number of carbonyl (C=O) groups excluding carboxylic acids is 1. The molecule has 1 aliphatic heterocycles. The molecule has 1 saturated carbocycles. The zero-order valence-corrected chi connectivity index (χ0v) is 12.3. The van der Waals surface area contributed by atoms with Crippen LogP contribution in [-0.2, 0) is 10.3 Å². The van der Waals surface area contributed by atoms with Crippen LogP contribution in [0.15, 0.2) is 17.1 Å². The highest BCUT2D eigenvalue weighted by Crippen LogP contribution is 2.53. The van der Waals surface area contributed by atoms with E-state index in [-0.39, 0.29) is 5.41 Å². The second-order valence-corrected chi connectivity index (χ2v) is 6.66. The van der Waals surface area contributed by atoms with Crippen molar-refractivity contribution in [3.8, 4) is 11.5 Å². The van der Waals surface area contributed by atoms with E-state index in [1.807, 2.05) is 6.07 Å². The van der Waals surface area contributed by atoms with Gasteiger partial charge in [0.25, 0.3) is 0 Å². The highest BCUT2D eigenvalue weighted by molar-refractivity contribution is 6.31. The largest absolute Gasteiger partial charge is 0.489 e. The SMILES string of the molecule is CC1(C)COc2cc(Cl)c(C3(N=C=O)CC3)cc2OC1. The standard InChI is InChI=1S/C15H16ClNO3/c1-14(2)7-19-12-5-10(15(3-4-15)17-9-18)11(16)6-13(12)20-8-14/h5-6H,3-4,7-8H2,1-2H3. The summed E-state index contributed by atoms with van der Waals surface area (Å²) in [4.78, 5) is 14.5. The molecule has 4 nitrogen and oxygen atoms in total. The lowest BCUT2D eigenvalue weighted by Gasteiger charge is -2.19. The molecule has 0 amide bonds. The number of benzene rings is 1. The van der Waals surface area contributed by atoms with E-state index < -0.39 is 5.54 Å². The summed E-state index contributed by atoms with van der Waals surface area (Å²) in [5.74, 6) is 1.32. The summed E-state index contributed by atoms with van der Waals surface area (Å²) in [5.41, 5.74) is 0.271. The van der Waals surface area contributed by atoms with Crippen LogP contribution in [0, 0.1) is 5.41 Å². The minimum Gasteiger partial charge on any atom is -0.489 e. The quantitative estimate of drug-likeness (QED) is 0.620. The average molecular weight is 294 g/mol. The van der Waals surface area contributed by atoms with Gasteiger partial charge in [0.2, 0.25) is 6.08 Å². The normalized spacial score (nSPS) is 21.6. The highest BCUT2D eigenvalue weighted by Gasteiger charge is 2.47. The zero-order chi connectivity index (χ0) is 14.4. The van der Waals surface area contributed by atoms with Crippen LogP contribution < -0.4 is 9.47 Å². The molecule has 0 atom stereocenters. The number of ether oxygens (including phenoxy) is 2. The molecule has 0 aromatic heterocycles. The van der Waals surface area contributed by atoms with Crippen molar-refractivity contribution in [2.45, 2.75) is 32.2 Å². The van der Waals surface area contributed by atoms with Crippen molar-refractivity contribution in [2.24, 2.45) is 10.4 Å². The summed E-state index contributed by atoms with van der Waals surface area (Å²) in [6.07, 6.45) is 3.27. The number of isocyanates is 1. The number of rotatable bonds is 2. The Morgan fingerprint density at radius 2 is 1.80 bits per heavy atom. The van der Waals surface area contributed by atoms with Crippen LogP contribution in [0.4, 0.5) is 0 Å². The smallest absolute Gasteiger partial charge is 0.235 e. The third-order valence-electron chi connectivity index (χ3n) is 3.75. The number of hydrogen-bond donors (Lipinski definition) is 0. The summed E-state index contributed by atoms with van der Waals surface area (Å²) in [6.45, 7) is 5.32. The number of fused-ring (bicyclic) bond motifs is 1. The molecular formula is C15H16ClNO3. The molecule has 0 N–H and O–H groups in total. The maximum Gasteiger partial charge on any atom is 0.235 e. The van der Waals surface area contributed by atoms with E-state index in [0.29, 0.717) is 29.7 Å². The van der Waals surface area contributed by atoms with Crippen molar-refractivity contribution >= 4 is 17.7 Å². The summed E-state index contributed by atoms with van der Waals surface area (Å²) >= 11 is 6.32. The van der Waals surface area contributed by atoms with E-state index in [2.05, 4.69) is 18.8 Å². The summed E-state index contributed by atoms with van der Waals surface area (Å²) in [6, 6.07) is 3.61. The Hall–Kier alpha value is -1.51. The van der Waals surface area contributed by atoms with Crippen molar-refractivity contribution in [1.82, 2.24) is 0 Å². The molecule has 0 saturated heterocycles. The van der Waals surface area contributed by atoms with Crippen LogP contribution in [0.1, 0.15) is 32.3 Å². The first-order chi connectivity index (χ1) is 9.46. The Morgan fingerprint density at radius 3 is 2.35 bits per heavy atom. The predicted molar refractivity (Wildman–Crippen MR) is 75.3 cm³/mol. The van der Waals surface area contributed by atoms with Crippen molar-refractivity contribution in [2.75, 3.05) is 13.2 Å². The molecule has 5 heteroatoms. The predicted octanol–water partition coefficient (Wildman–Crippen LogP) is 3.46. The second kappa shape index (κ2) is 4.51. The van der Waals surface area contributed by atoms with Crippen molar-refractivity contribution < 1.29 is 14.3 Å². The summed E-state index contributed by atoms with van der Waals surface area (Å²) < 4.78 is 11.6. The number of halogens is 1. The molecule has 1 aromatic rings. The molecule has 0 bridgehead atoms. The summed E-state index contributed by atoms with van der Waals surface area (Å²) in [5, 5.41) is 0.559. The maximum absolute atomic E-state index is 10.6. The Bertz CT molecular complexity index is 601. The van der Waals surface area contributed by atoms with Gasteiger partial charge in [-0.05, 0) is 18.9 Å². The minimum absolute atomic E-state index is 0.0517. The summed E-state index contributed by atoms with van der Waals surface area (Å²) in [7, 11) is 0. The molecule has 20 heavy (non-hydrogen) atoms. The molecule has 1 heterocycles. The van der Waals surface area contributed by atoms with Gasteiger partial charge in [-0.25, -0.2) is 4.79 Å². The van der Waals surface area contributed by atoms with Crippen molar-refractivity contribution in [3.05, 3.63) is 22.7 Å². The van der Waals surface area contributed by atoms with Crippen molar-refractivity contribution in [1.29, 1.82) is 0 Å². The molecular weight excluding hydrogens is 278 g/mol. The van der Waals surface area contributed by atoms with E-state index in [4.69, 9.17) is 21.1 Å². The van der Waals surface area contributed by atoms with E-state index in [1.54, 1.807) is 12.1 Å². The van der Waals surface area contributed by atoms with Gasteiger partial charge in [-0.3, -0.25) is 0 Å². The van der Waals surface area contributed by atoms with Crippen LogP contribution in [0.3, 0.4) is 0 Å². The van der Waals surface area contributed by atoms with Crippen LogP contribution in [0.25, 0.3) is 0 Å². The van der Waals surface area contributed by atoms with E-state index >= 15 is 0 Å². The number of aliphatic imine (C=N–C) groups is 1. The van der Waals surface area contributed by atoms with Crippen LogP contribution in [-0.4, -0.2) is 19.3 Å². The first-order valence-corrected chi connectivity index (χ1v) is 7.02. The number of hydrogen-bond acceptors (Lipinski definition) is 4. The lowest BCUT2D eigenvalue weighted by molar-refractivity contribution is 0.140. The van der Waals surface area contributed by atoms with Gasteiger partial charge in [-0.15, -0.1) is 0 Å². The monoisotopic (exact) mass is 293 g/mol. The lowest BCUT2D eigenvalue weighted by atomic mass is 9.97. The fraction of sp³-hybridized carbons (Fsp3) is 0.533. The van der Waals surface area contributed by atoms with Crippen LogP contribution in [0.5, 0.6) is 11.5 Å². The lowest BCUT2D eigenvalue weighted by Crippen LogP contribution is -2.26. The molecule has 106 valence electrons. The zero-order valence-electron chi connectivity index (χ0n) is 11.5. The maximum atomic E-state index is 10.6. The average Bonchev–Trinajstić information content (AvgIpc) is 3.17. The first-order valence-electron chi connectivity index (χ1n) is 6.64. The third kappa shape index (κ3) is 2.30. The molecule has 1 fully saturated rings. The Kier molecular flexibility index (Phi) is 3.03. The Labute approximate surface area is 122 Å². The van der Waals surface area contributed by atoms with E-state index in [0.717, 1.165) is 18.4 Å². The first kappa shape index (κ1) is 13.5. The van der Waals surface area contributed by atoms with Gasteiger partial charge < -0.3 is 9.47 Å². The van der Waals surface area contributed by atoms with Gasteiger partial charge >= 0.3 is 0 Å². The van der Waals surface area contributed by atoms with Crippen molar-refractivity contribution in [3.63, 3.8) is 0 Å². The Balaban J connectivity index is 2.01. The molecule has 3 rings (SSSR count). The van der Waals surface area contributed by atoms with E-state index in [9.17, 15) is 4.79 Å². The van der Waals surface area contributed by atoms with Gasteiger partial charge in [0, 0.05) is 17.0 Å². The molecule has 1 aliphatic carbocycles. The molecule has 0 spiro atoms. The van der Waals surface area contributed by atoms with Gasteiger partial charge in [-0.1, -0.05) is 25.4 Å². The third-order valence-corrected chi connectivity index (χ3v) is 4.07. The fourth-order valence-electron chi connectivity index (χ4n) is 2.35. The van der Waals surface area contributed by atoms with Gasteiger partial charge in [-0.2, -0.15) is 4.99 Å². The molecule has 2 aliphatic rings. The van der Waals surface area contributed by atoms with Crippen LogP contribution in [0.2, 0.25) is 5.02 Å². The van der Waals surface area contributed by atoms with Gasteiger partial charge in [0.15, 0.2) is 11.5 Å². The van der Waals surface area contributed by atoms with Gasteiger partial charge in [0.1, 0.15) is 0 Å².